The summed E-state index contributed by atoms with van der Waals surface area (Å²) >= 11 is 0. The maximum Gasteiger partial charge on any atom is 0.408 e. The summed E-state index contributed by atoms with van der Waals surface area (Å²) in [6.07, 6.45) is -0.487. The van der Waals surface area contributed by atoms with Gasteiger partial charge in [0.05, 0.1) is 25.9 Å². The predicted molar refractivity (Wildman–Crippen MR) is 76.5 cm³/mol. The fourth-order valence-electron chi connectivity index (χ4n) is 1.62. The maximum atomic E-state index is 11.8. The maximum absolute atomic E-state index is 11.8. The summed E-state index contributed by atoms with van der Waals surface area (Å²) in [6, 6.07) is 9.20. The molecular weight excluding hydrogens is 258 g/mol. The Labute approximate surface area is 119 Å². The number of carbonyl (C=O) groups is 1. The van der Waals surface area contributed by atoms with Gasteiger partial charge in [-0.3, -0.25) is 0 Å². The number of alkyl carbamates (subject to hydrolysis) is 1. The van der Waals surface area contributed by atoms with Gasteiger partial charge < -0.3 is 19.9 Å². The molecule has 5 nitrogen and oxygen atoms in total. The van der Waals surface area contributed by atoms with Crippen molar-refractivity contribution in [3.63, 3.8) is 0 Å². The van der Waals surface area contributed by atoms with E-state index >= 15 is 0 Å². The van der Waals surface area contributed by atoms with Crippen molar-refractivity contribution in [3.05, 3.63) is 35.9 Å². The first kappa shape index (κ1) is 16.5. The minimum Gasteiger partial charge on any atom is -0.444 e. The molecule has 0 radical (unpaired) electrons. The van der Waals surface area contributed by atoms with Crippen LogP contribution >= 0.6 is 0 Å². The van der Waals surface area contributed by atoms with Crippen LogP contribution in [-0.2, 0) is 9.47 Å². The van der Waals surface area contributed by atoms with Crippen molar-refractivity contribution in [1.82, 2.24) is 5.32 Å². The van der Waals surface area contributed by atoms with Crippen LogP contribution in [0.3, 0.4) is 0 Å². The van der Waals surface area contributed by atoms with Crippen LogP contribution in [0.5, 0.6) is 0 Å². The molecule has 1 aromatic rings. The van der Waals surface area contributed by atoms with E-state index in [1.165, 1.54) is 0 Å². The molecule has 0 aliphatic carbocycles. The first-order valence-corrected chi connectivity index (χ1v) is 6.65. The zero-order valence-electron chi connectivity index (χ0n) is 12.3. The van der Waals surface area contributed by atoms with Crippen molar-refractivity contribution >= 4 is 6.09 Å². The van der Waals surface area contributed by atoms with Gasteiger partial charge in [-0.15, -0.1) is 0 Å². The van der Waals surface area contributed by atoms with Crippen LogP contribution in [0, 0.1) is 0 Å². The van der Waals surface area contributed by atoms with Crippen LogP contribution in [0.4, 0.5) is 4.79 Å². The van der Waals surface area contributed by atoms with E-state index in [1.54, 1.807) is 0 Å². The highest BCUT2D eigenvalue weighted by atomic mass is 16.6. The molecule has 0 aliphatic rings. The van der Waals surface area contributed by atoms with Crippen molar-refractivity contribution < 1.29 is 19.4 Å². The zero-order valence-corrected chi connectivity index (χ0v) is 12.3. The Morgan fingerprint density at radius 3 is 2.50 bits per heavy atom. The molecule has 0 aromatic heterocycles. The summed E-state index contributed by atoms with van der Waals surface area (Å²) < 4.78 is 10.6. The number of carbonyl (C=O) groups excluding carboxylic acids is 1. The molecule has 20 heavy (non-hydrogen) atoms. The van der Waals surface area contributed by atoms with Gasteiger partial charge in [-0.2, -0.15) is 0 Å². The Hall–Kier alpha value is -1.59. The average Bonchev–Trinajstić information content (AvgIpc) is 2.37. The van der Waals surface area contributed by atoms with E-state index < -0.39 is 11.7 Å². The van der Waals surface area contributed by atoms with Gasteiger partial charge in [0, 0.05) is 0 Å². The van der Waals surface area contributed by atoms with Gasteiger partial charge in [-0.05, 0) is 26.3 Å². The molecule has 0 saturated heterocycles. The molecule has 2 N–H and O–H groups in total. The Bertz CT molecular complexity index is 400. The number of amides is 1. The molecule has 1 atom stereocenters. The normalized spacial score (nSPS) is 12.8. The third-order valence-corrected chi connectivity index (χ3v) is 2.41. The lowest BCUT2D eigenvalue weighted by atomic mass is 10.1. The molecule has 0 aliphatic heterocycles. The van der Waals surface area contributed by atoms with Gasteiger partial charge >= 0.3 is 6.09 Å². The van der Waals surface area contributed by atoms with E-state index in [0.717, 1.165) is 5.56 Å². The van der Waals surface area contributed by atoms with E-state index in [9.17, 15) is 4.79 Å². The highest BCUT2D eigenvalue weighted by Crippen LogP contribution is 2.15. The molecule has 0 saturated carbocycles. The summed E-state index contributed by atoms with van der Waals surface area (Å²) in [6.45, 7) is 5.90. The van der Waals surface area contributed by atoms with Crippen LogP contribution in [0.25, 0.3) is 0 Å². The Balaban J connectivity index is 2.65. The molecular formula is C15H23NO4. The second-order valence-electron chi connectivity index (χ2n) is 5.41. The minimum atomic E-state index is -0.544. The first-order valence-electron chi connectivity index (χ1n) is 6.65. The molecule has 112 valence electrons. The summed E-state index contributed by atoms with van der Waals surface area (Å²) in [5, 5.41) is 11.5. The van der Waals surface area contributed by atoms with E-state index in [1.807, 2.05) is 51.1 Å². The molecule has 1 rings (SSSR count). The van der Waals surface area contributed by atoms with Gasteiger partial charge in [0.25, 0.3) is 0 Å². The van der Waals surface area contributed by atoms with E-state index in [0.29, 0.717) is 0 Å². The largest absolute Gasteiger partial charge is 0.444 e. The third-order valence-electron chi connectivity index (χ3n) is 2.41. The zero-order chi connectivity index (χ0) is 15.0. The van der Waals surface area contributed by atoms with Crippen LogP contribution in [0.1, 0.15) is 32.4 Å². The number of rotatable bonds is 6. The lowest BCUT2D eigenvalue weighted by Gasteiger charge is -2.24. The lowest BCUT2D eigenvalue weighted by molar-refractivity contribution is 0.0408. The molecule has 1 unspecified atom stereocenters. The summed E-state index contributed by atoms with van der Waals surface area (Å²) in [5.74, 6) is 0. The Morgan fingerprint density at radius 2 is 1.95 bits per heavy atom. The van der Waals surface area contributed by atoms with E-state index in [-0.39, 0.29) is 25.9 Å². The summed E-state index contributed by atoms with van der Waals surface area (Å²) in [4.78, 5) is 11.8. The number of aliphatic hydroxyl groups excluding tert-OH is 1. The highest BCUT2D eigenvalue weighted by Gasteiger charge is 2.20. The molecule has 0 spiro atoms. The lowest BCUT2D eigenvalue weighted by Crippen LogP contribution is -2.36. The number of hydrogen-bond donors (Lipinski definition) is 2. The molecule has 0 bridgehead atoms. The fraction of sp³-hybridized carbons (Fsp3) is 0.533. The molecule has 1 amide bonds. The molecule has 0 heterocycles. The van der Waals surface area contributed by atoms with Gasteiger partial charge in [-0.25, -0.2) is 4.79 Å². The smallest absolute Gasteiger partial charge is 0.408 e. The topological polar surface area (TPSA) is 67.8 Å². The van der Waals surface area contributed by atoms with Crippen molar-refractivity contribution in [2.24, 2.45) is 0 Å². The number of aliphatic hydroxyl groups is 1. The second-order valence-corrected chi connectivity index (χ2v) is 5.41. The van der Waals surface area contributed by atoms with Gasteiger partial charge in [0.15, 0.2) is 0 Å². The second kappa shape index (κ2) is 7.87. The van der Waals surface area contributed by atoms with Gasteiger partial charge in [0.2, 0.25) is 0 Å². The first-order chi connectivity index (χ1) is 9.42. The molecule has 5 heteroatoms. The van der Waals surface area contributed by atoms with Crippen molar-refractivity contribution in [1.29, 1.82) is 0 Å². The molecule has 1 aromatic carbocycles. The van der Waals surface area contributed by atoms with Crippen molar-refractivity contribution in [2.45, 2.75) is 32.4 Å². The summed E-state index contributed by atoms with van der Waals surface area (Å²) in [7, 11) is 0. The quantitative estimate of drug-likeness (QED) is 0.785. The van der Waals surface area contributed by atoms with Crippen LogP contribution in [0.15, 0.2) is 30.3 Å². The van der Waals surface area contributed by atoms with Crippen LogP contribution < -0.4 is 5.32 Å². The monoisotopic (exact) mass is 281 g/mol. The van der Waals surface area contributed by atoms with E-state index in [4.69, 9.17) is 14.6 Å². The average molecular weight is 281 g/mol. The number of hydrogen-bond acceptors (Lipinski definition) is 4. The van der Waals surface area contributed by atoms with Crippen molar-refractivity contribution in [3.8, 4) is 0 Å². The third kappa shape index (κ3) is 6.54. The fourth-order valence-corrected chi connectivity index (χ4v) is 1.62. The predicted octanol–water partition coefficient (Wildman–Crippen LogP) is 2.26. The van der Waals surface area contributed by atoms with Crippen LogP contribution in [0.2, 0.25) is 0 Å². The number of nitrogens with one attached hydrogen (secondary N) is 1. The van der Waals surface area contributed by atoms with Crippen LogP contribution in [-0.4, -0.2) is 36.6 Å². The Morgan fingerprint density at radius 1 is 1.30 bits per heavy atom. The number of ether oxygens (including phenoxy) is 2. The summed E-state index contributed by atoms with van der Waals surface area (Å²) in [5.41, 5.74) is 0.383. The van der Waals surface area contributed by atoms with Gasteiger partial charge in [0.1, 0.15) is 5.60 Å². The number of benzene rings is 1. The van der Waals surface area contributed by atoms with E-state index in [2.05, 4.69) is 5.32 Å². The highest BCUT2D eigenvalue weighted by molar-refractivity contribution is 5.68. The standard InChI is InChI=1S/C15H23NO4/c1-15(2,3)20-14(18)16-13(11-19-10-9-17)12-7-5-4-6-8-12/h4-8,13,17H,9-11H2,1-3H3,(H,16,18). The SMILES string of the molecule is CC(C)(C)OC(=O)NC(COCCO)c1ccccc1. The van der Waals surface area contributed by atoms with Crippen molar-refractivity contribution in [2.75, 3.05) is 19.8 Å². The minimum absolute atomic E-state index is 0.0477. The Kier molecular flexibility index (Phi) is 6.48. The molecule has 0 fully saturated rings. The van der Waals surface area contributed by atoms with Gasteiger partial charge in [-0.1, -0.05) is 30.3 Å².